The average Bonchev–Trinajstić information content (AvgIpc) is 2.96. The summed E-state index contributed by atoms with van der Waals surface area (Å²) >= 11 is 3.43. The van der Waals surface area contributed by atoms with Crippen molar-refractivity contribution in [2.75, 3.05) is 6.54 Å². The molecule has 0 bridgehead atoms. The van der Waals surface area contributed by atoms with Gasteiger partial charge in [-0.25, -0.2) is 4.98 Å². The normalized spacial score (nSPS) is 19.6. The maximum Gasteiger partial charge on any atom is 0.212 e. The number of fused-ring (bicyclic) bond motifs is 1. The molecule has 1 atom stereocenters. The van der Waals surface area contributed by atoms with Crippen molar-refractivity contribution in [2.24, 2.45) is 0 Å². The largest absolute Gasteiger partial charge is 0.438 e. The Bertz CT molecular complexity index is 615. The zero-order chi connectivity index (χ0) is 12.7. The molecule has 4 nitrogen and oxygen atoms in total. The lowest BCUT2D eigenvalue weighted by atomic mass is 10.1. The Hall–Kier alpha value is -1.20. The van der Waals surface area contributed by atoms with Gasteiger partial charge in [-0.1, -0.05) is 0 Å². The Morgan fingerprint density at radius 3 is 3.06 bits per heavy atom. The van der Waals surface area contributed by atoms with E-state index in [0.29, 0.717) is 17.0 Å². The summed E-state index contributed by atoms with van der Waals surface area (Å²) in [7, 11) is 0. The summed E-state index contributed by atoms with van der Waals surface area (Å²) < 4.78 is 6.57. The number of benzene rings is 1. The van der Waals surface area contributed by atoms with E-state index in [1.807, 2.05) is 0 Å². The van der Waals surface area contributed by atoms with Crippen molar-refractivity contribution >= 4 is 32.8 Å². The van der Waals surface area contributed by atoms with Crippen LogP contribution >= 0.6 is 15.9 Å². The Labute approximate surface area is 113 Å². The fourth-order valence-electron chi connectivity index (χ4n) is 2.26. The maximum atomic E-state index is 11.4. The molecule has 1 saturated heterocycles. The molecule has 94 valence electrons. The first kappa shape index (κ1) is 11.9. The first-order valence-electron chi connectivity index (χ1n) is 5.99. The lowest BCUT2D eigenvalue weighted by Crippen LogP contribution is -2.12. The van der Waals surface area contributed by atoms with Gasteiger partial charge in [-0.15, -0.1) is 0 Å². The smallest absolute Gasteiger partial charge is 0.212 e. The van der Waals surface area contributed by atoms with Crippen LogP contribution in [0.1, 0.15) is 42.1 Å². The van der Waals surface area contributed by atoms with E-state index < -0.39 is 0 Å². The van der Waals surface area contributed by atoms with Crippen LogP contribution in [0.2, 0.25) is 0 Å². The molecule has 1 aliphatic heterocycles. The predicted molar refractivity (Wildman–Crippen MR) is 71.7 cm³/mol. The average molecular weight is 309 g/mol. The molecule has 0 saturated carbocycles. The summed E-state index contributed by atoms with van der Waals surface area (Å²) in [5.41, 5.74) is 2.09. The summed E-state index contributed by atoms with van der Waals surface area (Å²) in [6.45, 7) is 2.55. The SMILES string of the molecule is CC(=O)c1cc(Br)c2oc(C3CCCN3)nc2c1. The Morgan fingerprint density at radius 1 is 1.56 bits per heavy atom. The third-order valence-corrected chi connectivity index (χ3v) is 3.82. The molecule has 0 amide bonds. The highest BCUT2D eigenvalue weighted by atomic mass is 79.9. The lowest BCUT2D eigenvalue weighted by molar-refractivity contribution is 0.101. The fraction of sp³-hybridized carbons (Fsp3) is 0.385. The topological polar surface area (TPSA) is 55.1 Å². The van der Waals surface area contributed by atoms with Crippen molar-refractivity contribution in [1.82, 2.24) is 10.3 Å². The molecular weight excluding hydrogens is 296 g/mol. The summed E-state index contributed by atoms with van der Waals surface area (Å²) in [6, 6.07) is 3.76. The molecule has 2 heterocycles. The van der Waals surface area contributed by atoms with Crippen molar-refractivity contribution in [1.29, 1.82) is 0 Å². The molecule has 0 aliphatic carbocycles. The molecule has 5 heteroatoms. The number of hydrogen-bond acceptors (Lipinski definition) is 4. The van der Waals surface area contributed by atoms with E-state index in [4.69, 9.17) is 4.42 Å². The van der Waals surface area contributed by atoms with Gasteiger partial charge in [0.1, 0.15) is 5.52 Å². The van der Waals surface area contributed by atoms with Crippen LogP contribution in [0.15, 0.2) is 21.0 Å². The van der Waals surface area contributed by atoms with E-state index in [1.165, 1.54) is 0 Å². The summed E-state index contributed by atoms with van der Waals surface area (Å²) in [5.74, 6) is 0.741. The van der Waals surface area contributed by atoms with Crippen molar-refractivity contribution in [3.05, 3.63) is 28.1 Å². The second kappa shape index (κ2) is 4.48. The van der Waals surface area contributed by atoms with E-state index in [2.05, 4.69) is 26.2 Å². The first-order valence-corrected chi connectivity index (χ1v) is 6.79. The Morgan fingerprint density at radius 2 is 2.39 bits per heavy atom. The quantitative estimate of drug-likeness (QED) is 0.866. The van der Waals surface area contributed by atoms with Crippen molar-refractivity contribution in [3.63, 3.8) is 0 Å². The summed E-state index contributed by atoms with van der Waals surface area (Å²) in [6.07, 6.45) is 2.19. The molecule has 1 fully saturated rings. The van der Waals surface area contributed by atoms with Gasteiger partial charge in [0.25, 0.3) is 0 Å². The van der Waals surface area contributed by atoms with Crippen LogP contribution in [-0.2, 0) is 0 Å². The molecule has 1 aliphatic rings. The lowest BCUT2D eigenvalue weighted by Gasteiger charge is -2.02. The number of hydrogen-bond donors (Lipinski definition) is 1. The highest BCUT2D eigenvalue weighted by molar-refractivity contribution is 9.10. The zero-order valence-electron chi connectivity index (χ0n) is 10.00. The highest BCUT2D eigenvalue weighted by Gasteiger charge is 2.22. The second-order valence-electron chi connectivity index (χ2n) is 4.56. The first-order chi connectivity index (χ1) is 8.65. The Balaban J connectivity index is 2.10. The number of nitrogens with one attached hydrogen (secondary N) is 1. The number of carbonyl (C=O) groups excluding carboxylic acids is 1. The molecule has 1 aromatic carbocycles. The minimum Gasteiger partial charge on any atom is -0.438 e. The fourth-order valence-corrected chi connectivity index (χ4v) is 2.79. The third kappa shape index (κ3) is 1.97. The molecule has 18 heavy (non-hydrogen) atoms. The van der Waals surface area contributed by atoms with E-state index in [9.17, 15) is 4.79 Å². The third-order valence-electron chi connectivity index (χ3n) is 3.23. The summed E-state index contributed by atoms with van der Waals surface area (Å²) in [4.78, 5) is 15.9. The van der Waals surface area contributed by atoms with Gasteiger partial charge in [-0.3, -0.25) is 4.79 Å². The molecule has 2 aromatic rings. The standard InChI is InChI=1S/C13H13BrN2O2/c1-7(17)8-5-9(14)12-11(6-8)16-13(18-12)10-3-2-4-15-10/h5-6,10,15H,2-4H2,1H3. The van der Waals surface area contributed by atoms with Gasteiger partial charge in [0, 0.05) is 5.56 Å². The Kier molecular flexibility index (Phi) is 2.95. The van der Waals surface area contributed by atoms with Crippen LogP contribution in [0.25, 0.3) is 11.1 Å². The molecule has 3 rings (SSSR count). The van der Waals surface area contributed by atoms with Crippen LogP contribution in [-0.4, -0.2) is 17.3 Å². The van der Waals surface area contributed by atoms with Crippen molar-refractivity contribution in [3.8, 4) is 0 Å². The zero-order valence-corrected chi connectivity index (χ0v) is 11.6. The van der Waals surface area contributed by atoms with Crippen LogP contribution in [0.3, 0.4) is 0 Å². The molecule has 0 spiro atoms. The van der Waals surface area contributed by atoms with E-state index in [1.54, 1.807) is 19.1 Å². The molecule has 1 N–H and O–H groups in total. The van der Waals surface area contributed by atoms with Crippen LogP contribution in [0.4, 0.5) is 0 Å². The van der Waals surface area contributed by atoms with E-state index in [-0.39, 0.29) is 11.8 Å². The number of halogens is 1. The summed E-state index contributed by atoms with van der Waals surface area (Å²) in [5, 5.41) is 3.35. The van der Waals surface area contributed by atoms with E-state index >= 15 is 0 Å². The number of Topliss-reactive ketones (excluding diaryl/α,β-unsaturated/α-hetero) is 1. The predicted octanol–water partition coefficient (Wildman–Crippen LogP) is 3.22. The minimum absolute atomic E-state index is 0.0288. The van der Waals surface area contributed by atoms with Gasteiger partial charge in [0.05, 0.1) is 10.5 Å². The second-order valence-corrected chi connectivity index (χ2v) is 5.42. The number of carbonyl (C=O) groups is 1. The molecule has 1 unspecified atom stereocenters. The number of aromatic nitrogens is 1. The maximum absolute atomic E-state index is 11.4. The number of nitrogens with zero attached hydrogens (tertiary/aromatic N) is 1. The van der Waals surface area contributed by atoms with Gasteiger partial charge < -0.3 is 9.73 Å². The van der Waals surface area contributed by atoms with Crippen LogP contribution in [0, 0.1) is 0 Å². The minimum atomic E-state index is 0.0288. The van der Waals surface area contributed by atoms with Crippen LogP contribution < -0.4 is 5.32 Å². The van der Waals surface area contributed by atoms with Gasteiger partial charge in [-0.2, -0.15) is 0 Å². The van der Waals surface area contributed by atoms with Crippen molar-refractivity contribution in [2.45, 2.75) is 25.8 Å². The van der Waals surface area contributed by atoms with Gasteiger partial charge in [-0.05, 0) is 54.4 Å². The molecule has 1 aromatic heterocycles. The number of rotatable bonds is 2. The monoisotopic (exact) mass is 308 g/mol. The highest BCUT2D eigenvalue weighted by Crippen LogP contribution is 2.31. The van der Waals surface area contributed by atoms with Gasteiger partial charge in [0.15, 0.2) is 11.4 Å². The van der Waals surface area contributed by atoms with Gasteiger partial charge in [0.2, 0.25) is 5.89 Å². The number of ketones is 1. The number of oxazole rings is 1. The van der Waals surface area contributed by atoms with Crippen molar-refractivity contribution < 1.29 is 9.21 Å². The van der Waals surface area contributed by atoms with Crippen LogP contribution in [0.5, 0.6) is 0 Å². The molecule has 0 radical (unpaired) electrons. The van der Waals surface area contributed by atoms with Gasteiger partial charge >= 0.3 is 0 Å². The van der Waals surface area contributed by atoms with E-state index in [0.717, 1.165) is 29.4 Å². The molecular formula is C13H13BrN2O2.